The molecule has 0 radical (unpaired) electrons. The van der Waals surface area contributed by atoms with E-state index in [1.165, 1.54) is 19.3 Å². The minimum absolute atomic E-state index is 0.108. The second kappa shape index (κ2) is 6.56. The fraction of sp³-hybridized carbons (Fsp3) is 0.600. The molecule has 0 aliphatic heterocycles. The van der Waals surface area contributed by atoms with Crippen molar-refractivity contribution in [1.29, 1.82) is 0 Å². The van der Waals surface area contributed by atoms with Gasteiger partial charge in [-0.15, -0.1) is 0 Å². The highest BCUT2D eigenvalue weighted by molar-refractivity contribution is 14.1. The third kappa shape index (κ3) is 3.44. The van der Waals surface area contributed by atoms with Gasteiger partial charge in [-0.2, -0.15) is 0 Å². The second-order valence-corrected chi connectivity index (χ2v) is 9.63. The highest BCUT2D eigenvalue weighted by atomic mass is 127. The van der Waals surface area contributed by atoms with Crippen LogP contribution in [0, 0.1) is 26.7 Å². The van der Waals surface area contributed by atoms with Gasteiger partial charge in [-0.25, -0.2) is 0 Å². The van der Waals surface area contributed by atoms with Crippen molar-refractivity contribution >= 4 is 40.1 Å². The van der Waals surface area contributed by atoms with Crippen LogP contribution in [0.15, 0.2) is 24.3 Å². The minimum Gasteiger partial charge on any atom is -0.344 e. The van der Waals surface area contributed by atoms with E-state index < -0.39 is 6.04 Å². The Morgan fingerprint density at radius 3 is 2.08 bits per heavy atom. The van der Waals surface area contributed by atoms with E-state index in [0.717, 1.165) is 46.3 Å². The summed E-state index contributed by atoms with van der Waals surface area (Å²) in [5.41, 5.74) is 0.563. The lowest BCUT2D eigenvalue weighted by atomic mass is 9.49. The summed E-state index contributed by atoms with van der Waals surface area (Å²) in [6, 6.07) is 7.16. The van der Waals surface area contributed by atoms with Crippen molar-refractivity contribution in [2.24, 2.45) is 23.2 Å². The number of anilines is 1. The molecule has 4 aliphatic carbocycles. The molecule has 4 fully saturated rings. The van der Waals surface area contributed by atoms with Gasteiger partial charge in [0, 0.05) is 14.7 Å². The fourth-order valence-electron chi connectivity index (χ4n) is 5.59. The van der Waals surface area contributed by atoms with Crippen LogP contribution < -0.4 is 10.6 Å². The summed E-state index contributed by atoms with van der Waals surface area (Å²) in [4.78, 5) is 25.4. The normalized spacial score (nSPS) is 33.8. The standard InChI is InChI=1S/C20H25IN2O2/c1-12(18(24)23-17-4-2-16(21)3-5-17)22-19(25)20-9-13-6-14(10-20)8-15(7-13)11-20/h2-5,12-15H,6-11H2,1H3,(H,22,25)(H,23,24). The first-order valence-corrected chi connectivity index (χ1v) is 10.4. The van der Waals surface area contributed by atoms with E-state index in [9.17, 15) is 9.59 Å². The molecular formula is C20H25IN2O2. The Kier molecular flexibility index (Phi) is 4.54. The van der Waals surface area contributed by atoms with Crippen LogP contribution in [-0.2, 0) is 9.59 Å². The first-order valence-electron chi connectivity index (χ1n) is 9.31. The summed E-state index contributed by atoms with van der Waals surface area (Å²) in [5.74, 6) is 2.14. The third-order valence-corrected chi connectivity index (χ3v) is 7.09. The molecule has 1 aromatic carbocycles. The maximum absolute atomic E-state index is 13.0. The number of nitrogens with one attached hydrogen (secondary N) is 2. The third-order valence-electron chi connectivity index (χ3n) is 6.37. The van der Waals surface area contributed by atoms with E-state index in [1.54, 1.807) is 6.92 Å². The first-order chi connectivity index (χ1) is 11.9. The Bertz CT molecular complexity index is 650. The lowest BCUT2D eigenvalue weighted by molar-refractivity contribution is -0.147. The Morgan fingerprint density at radius 1 is 1.04 bits per heavy atom. The molecule has 2 amide bonds. The minimum atomic E-state index is -0.514. The Morgan fingerprint density at radius 2 is 1.56 bits per heavy atom. The van der Waals surface area contributed by atoms with Crippen molar-refractivity contribution in [2.45, 2.75) is 51.5 Å². The molecule has 0 saturated heterocycles. The van der Waals surface area contributed by atoms with Crippen LogP contribution in [0.3, 0.4) is 0 Å². The molecule has 5 heteroatoms. The van der Waals surface area contributed by atoms with Crippen molar-refractivity contribution < 1.29 is 9.59 Å². The number of amides is 2. The van der Waals surface area contributed by atoms with Crippen LogP contribution in [0.4, 0.5) is 5.69 Å². The summed E-state index contributed by atoms with van der Waals surface area (Å²) < 4.78 is 1.12. The number of rotatable bonds is 4. The van der Waals surface area contributed by atoms with E-state index in [2.05, 4.69) is 33.2 Å². The van der Waals surface area contributed by atoms with Gasteiger partial charge in [-0.05, 0) is 110 Å². The molecule has 4 aliphatic rings. The SMILES string of the molecule is CC(NC(=O)C12CC3CC(CC(C3)C1)C2)C(=O)Nc1ccc(I)cc1. The molecule has 0 aromatic heterocycles. The van der Waals surface area contributed by atoms with Crippen molar-refractivity contribution in [2.75, 3.05) is 5.32 Å². The quantitative estimate of drug-likeness (QED) is 0.680. The lowest BCUT2D eigenvalue weighted by Gasteiger charge is -2.55. The summed E-state index contributed by atoms with van der Waals surface area (Å²) in [7, 11) is 0. The summed E-state index contributed by atoms with van der Waals surface area (Å²) >= 11 is 2.23. The number of hydrogen-bond acceptors (Lipinski definition) is 2. The molecular weight excluding hydrogens is 427 g/mol. The zero-order valence-electron chi connectivity index (χ0n) is 14.6. The van der Waals surface area contributed by atoms with E-state index in [-0.39, 0.29) is 17.2 Å². The van der Waals surface area contributed by atoms with E-state index in [0.29, 0.717) is 0 Å². The molecule has 5 rings (SSSR count). The van der Waals surface area contributed by atoms with Gasteiger partial charge in [-0.1, -0.05) is 0 Å². The molecule has 4 nitrogen and oxygen atoms in total. The largest absolute Gasteiger partial charge is 0.344 e. The first kappa shape index (κ1) is 17.3. The number of halogens is 1. The number of benzene rings is 1. The van der Waals surface area contributed by atoms with Gasteiger partial charge in [0.05, 0.1) is 0 Å². The predicted octanol–water partition coefficient (Wildman–Crippen LogP) is 3.95. The van der Waals surface area contributed by atoms with Crippen LogP contribution in [0.25, 0.3) is 0 Å². The maximum atomic E-state index is 13.0. The predicted molar refractivity (Wildman–Crippen MR) is 106 cm³/mol. The summed E-state index contributed by atoms with van der Waals surface area (Å²) in [6.45, 7) is 1.78. The smallest absolute Gasteiger partial charge is 0.246 e. The fourth-order valence-corrected chi connectivity index (χ4v) is 5.95. The van der Waals surface area contributed by atoms with Gasteiger partial charge in [0.25, 0.3) is 0 Å². The van der Waals surface area contributed by atoms with E-state index >= 15 is 0 Å². The summed E-state index contributed by atoms with van der Waals surface area (Å²) in [6.07, 6.45) is 7.02. The topological polar surface area (TPSA) is 58.2 Å². The molecule has 0 spiro atoms. The Hall–Kier alpha value is -1.11. The van der Waals surface area contributed by atoms with Gasteiger partial charge < -0.3 is 10.6 Å². The second-order valence-electron chi connectivity index (χ2n) is 8.39. The van der Waals surface area contributed by atoms with Gasteiger partial charge in [0.2, 0.25) is 11.8 Å². The molecule has 25 heavy (non-hydrogen) atoms. The van der Waals surface area contributed by atoms with Crippen LogP contribution >= 0.6 is 22.6 Å². The molecule has 1 atom stereocenters. The van der Waals surface area contributed by atoms with Gasteiger partial charge in [-0.3, -0.25) is 9.59 Å². The van der Waals surface area contributed by atoms with Crippen molar-refractivity contribution in [3.05, 3.63) is 27.8 Å². The zero-order valence-corrected chi connectivity index (χ0v) is 16.7. The average molecular weight is 452 g/mol. The molecule has 2 N–H and O–H groups in total. The van der Waals surface area contributed by atoms with Crippen LogP contribution in [-0.4, -0.2) is 17.9 Å². The average Bonchev–Trinajstić information content (AvgIpc) is 2.55. The van der Waals surface area contributed by atoms with Gasteiger partial charge >= 0.3 is 0 Å². The summed E-state index contributed by atoms with van der Waals surface area (Å²) in [5, 5.41) is 5.91. The van der Waals surface area contributed by atoms with Crippen LogP contribution in [0.5, 0.6) is 0 Å². The maximum Gasteiger partial charge on any atom is 0.246 e. The van der Waals surface area contributed by atoms with Crippen LogP contribution in [0.2, 0.25) is 0 Å². The molecule has 4 saturated carbocycles. The van der Waals surface area contributed by atoms with Gasteiger partial charge in [0.15, 0.2) is 0 Å². The van der Waals surface area contributed by atoms with Crippen molar-refractivity contribution in [3.63, 3.8) is 0 Å². The van der Waals surface area contributed by atoms with E-state index in [1.807, 2.05) is 24.3 Å². The molecule has 134 valence electrons. The number of hydrogen-bond donors (Lipinski definition) is 2. The lowest BCUT2D eigenvalue weighted by Crippen LogP contribution is -2.56. The highest BCUT2D eigenvalue weighted by Gasteiger charge is 2.54. The number of carbonyl (C=O) groups excluding carboxylic acids is 2. The monoisotopic (exact) mass is 452 g/mol. The van der Waals surface area contributed by atoms with E-state index in [4.69, 9.17) is 0 Å². The van der Waals surface area contributed by atoms with Crippen molar-refractivity contribution in [3.8, 4) is 0 Å². The number of carbonyl (C=O) groups is 2. The molecule has 4 bridgehead atoms. The Balaban J connectivity index is 1.38. The zero-order chi connectivity index (χ0) is 17.6. The molecule has 1 unspecified atom stereocenters. The molecule has 0 heterocycles. The van der Waals surface area contributed by atoms with Gasteiger partial charge in [0.1, 0.15) is 6.04 Å². The van der Waals surface area contributed by atoms with Crippen molar-refractivity contribution in [1.82, 2.24) is 5.32 Å². The van der Waals surface area contributed by atoms with Crippen LogP contribution in [0.1, 0.15) is 45.4 Å². The molecule has 1 aromatic rings. The highest BCUT2D eigenvalue weighted by Crippen LogP contribution is 2.60. The Labute approximate surface area is 162 Å².